The standard InChI is InChI=1S/C23H27ClN4O2/c1-15(2)14-25-12-6-5-9-21(29)26-20-13-16(10-11-19(20)24)22-17-7-3-4-8-18(17)23(30)28-27-22/h3-4,7-8,10-11,13,15,25H,5-6,9,12,14H2,1-2H3,(H,26,29)(H,28,30). The fourth-order valence-corrected chi connectivity index (χ4v) is 3.41. The molecule has 6 nitrogen and oxygen atoms in total. The first-order valence-corrected chi connectivity index (χ1v) is 10.6. The van der Waals surface area contributed by atoms with E-state index in [1.807, 2.05) is 24.3 Å². The van der Waals surface area contributed by atoms with Gasteiger partial charge in [-0.2, -0.15) is 5.10 Å². The first-order chi connectivity index (χ1) is 14.5. The van der Waals surface area contributed by atoms with Crippen molar-refractivity contribution in [2.75, 3.05) is 18.4 Å². The molecule has 3 rings (SSSR count). The van der Waals surface area contributed by atoms with Gasteiger partial charge in [-0.3, -0.25) is 9.59 Å². The zero-order chi connectivity index (χ0) is 21.5. The van der Waals surface area contributed by atoms with Crippen LogP contribution in [0.25, 0.3) is 22.0 Å². The van der Waals surface area contributed by atoms with Crippen LogP contribution in [-0.4, -0.2) is 29.2 Å². The highest BCUT2D eigenvalue weighted by Crippen LogP contribution is 2.30. The zero-order valence-electron chi connectivity index (χ0n) is 17.3. The molecule has 0 aliphatic rings. The van der Waals surface area contributed by atoms with Crippen LogP contribution in [0.4, 0.5) is 5.69 Å². The Hall–Kier alpha value is -2.70. The third kappa shape index (κ3) is 5.68. The normalized spacial score (nSPS) is 11.2. The minimum atomic E-state index is -0.236. The van der Waals surface area contributed by atoms with Gasteiger partial charge < -0.3 is 10.6 Å². The van der Waals surface area contributed by atoms with Gasteiger partial charge in [0, 0.05) is 17.4 Å². The summed E-state index contributed by atoms with van der Waals surface area (Å²) in [7, 11) is 0. The van der Waals surface area contributed by atoms with E-state index in [1.165, 1.54) is 0 Å². The predicted molar refractivity (Wildman–Crippen MR) is 123 cm³/mol. The first kappa shape index (κ1) is 22.0. The Kier molecular flexibility index (Phi) is 7.60. The number of nitrogens with one attached hydrogen (secondary N) is 3. The van der Waals surface area contributed by atoms with E-state index in [0.717, 1.165) is 36.9 Å². The average Bonchev–Trinajstić information content (AvgIpc) is 2.73. The highest BCUT2D eigenvalue weighted by atomic mass is 35.5. The number of anilines is 1. The van der Waals surface area contributed by atoms with Crippen LogP contribution in [0.2, 0.25) is 5.02 Å². The van der Waals surface area contributed by atoms with Crippen LogP contribution in [0.15, 0.2) is 47.3 Å². The molecule has 0 aliphatic heterocycles. The lowest BCUT2D eigenvalue weighted by Crippen LogP contribution is -2.21. The predicted octanol–water partition coefficient (Wildman–Crippen LogP) is 4.60. The number of unbranched alkanes of at least 4 members (excludes halogenated alkanes) is 1. The molecular formula is C23H27ClN4O2. The van der Waals surface area contributed by atoms with Crippen LogP contribution in [0, 0.1) is 5.92 Å². The molecule has 0 atom stereocenters. The number of fused-ring (bicyclic) bond motifs is 1. The minimum absolute atomic E-state index is 0.0720. The molecule has 0 aliphatic carbocycles. The number of benzene rings is 2. The molecule has 3 aromatic rings. The second-order valence-corrected chi connectivity index (χ2v) is 8.15. The van der Waals surface area contributed by atoms with E-state index in [0.29, 0.717) is 34.1 Å². The van der Waals surface area contributed by atoms with Gasteiger partial charge in [0.15, 0.2) is 0 Å². The second kappa shape index (κ2) is 10.4. The highest BCUT2D eigenvalue weighted by molar-refractivity contribution is 6.33. The van der Waals surface area contributed by atoms with Crippen molar-refractivity contribution in [1.29, 1.82) is 0 Å². The molecule has 0 spiro atoms. The van der Waals surface area contributed by atoms with Gasteiger partial charge in [-0.1, -0.05) is 49.7 Å². The molecule has 0 saturated carbocycles. The summed E-state index contributed by atoms with van der Waals surface area (Å²) >= 11 is 6.30. The molecule has 1 heterocycles. The van der Waals surface area contributed by atoms with Crippen LogP contribution < -0.4 is 16.2 Å². The number of amides is 1. The summed E-state index contributed by atoms with van der Waals surface area (Å²) in [6.45, 7) is 6.24. The summed E-state index contributed by atoms with van der Waals surface area (Å²) in [5.74, 6) is 0.550. The Morgan fingerprint density at radius 2 is 1.90 bits per heavy atom. The number of aromatic nitrogens is 2. The molecule has 2 aromatic carbocycles. The van der Waals surface area contributed by atoms with Gasteiger partial charge in [-0.25, -0.2) is 5.10 Å². The molecule has 7 heteroatoms. The van der Waals surface area contributed by atoms with E-state index in [9.17, 15) is 9.59 Å². The Morgan fingerprint density at radius 3 is 2.67 bits per heavy atom. The Bertz CT molecular complexity index is 1080. The van der Waals surface area contributed by atoms with Crippen LogP contribution >= 0.6 is 11.6 Å². The summed E-state index contributed by atoms with van der Waals surface area (Å²) in [5, 5.41) is 14.8. The van der Waals surface area contributed by atoms with E-state index in [2.05, 4.69) is 34.7 Å². The first-order valence-electron chi connectivity index (χ1n) is 10.2. The van der Waals surface area contributed by atoms with Crippen molar-refractivity contribution < 1.29 is 4.79 Å². The maximum absolute atomic E-state index is 12.4. The third-order valence-corrected chi connectivity index (χ3v) is 5.10. The van der Waals surface area contributed by atoms with Gasteiger partial charge in [0.05, 0.1) is 21.8 Å². The number of rotatable bonds is 9. The molecule has 30 heavy (non-hydrogen) atoms. The minimum Gasteiger partial charge on any atom is -0.325 e. The Morgan fingerprint density at radius 1 is 1.13 bits per heavy atom. The Labute approximate surface area is 181 Å². The summed E-state index contributed by atoms with van der Waals surface area (Å²) in [6, 6.07) is 12.6. The van der Waals surface area contributed by atoms with Gasteiger partial charge in [-0.15, -0.1) is 0 Å². The number of carbonyl (C=O) groups is 1. The Balaban J connectivity index is 1.69. The molecule has 0 fully saturated rings. The van der Waals surface area contributed by atoms with Crippen molar-refractivity contribution in [1.82, 2.24) is 15.5 Å². The second-order valence-electron chi connectivity index (χ2n) is 7.74. The lowest BCUT2D eigenvalue weighted by Gasteiger charge is -2.11. The fraction of sp³-hybridized carbons (Fsp3) is 0.348. The maximum Gasteiger partial charge on any atom is 0.272 e. The number of halogens is 1. The fourth-order valence-electron chi connectivity index (χ4n) is 3.24. The summed E-state index contributed by atoms with van der Waals surface area (Å²) < 4.78 is 0. The monoisotopic (exact) mass is 426 g/mol. The van der Waals surface area contributed by atoms with Crippen LogP contribution in [0.1, 0.15) is 33.1 Å². The van der Waals surface area contributed by atoms with Gasteiger partial charge in [-0.05, 0) is 50.0 Å². The van der Waals surface area contributed by atoms with Gasteiger partial charge in [0.25, 0.3) is 5.56 Å². The molecular weight excluding hydrogens is 400 g/mol. The van der Waals surface area contributed by atoms with Crippen molar-refractivity contribution in [2.24, 2.45) is 5.92 Å². The van der Waals surface area contributed by atoms with Crippen molar-refractivity contribution in [3.05, 3.63) is 57.8 Å². The molecule has 0 bridgehead atoms. The lowest BCUT2D eigenvalue weighted by atomic mass is 10.0. The SMILES string of the molecule is CC(C)CNCCCCC(=O)Nc1cc(-c2n[nH]c(=O)c3ccccc23)ccc1Cl. The maximum atomic E-state index is 12.4. The highest BCUT2D eigenvalue weighted by Gasteiger charge is 2.12. The molecule has 158 valence electrons. The summed E-state index contributed by atoms with van der Waals surface area (Å²) in [5.41, 5.74) is 1.70. The molecule has 0 saturated heterocycles. The largest absolute Gasteiger partial charge is 0.325 e. The number of hydrogen-bond acceptors (Lipinski definition) is 4. The van der Waals surface area contributed by atoms with Crippen molar-refractivity contribution in [3.8, 4) is 11.3 Å². The van der Waals surface area contributed by atoms with Crippen LogP contribution in [0.3, 0.4) is 0 Å². The molecule has 0 radical (unpaired) electrons. The number of carbonyl (C=O) groups excluding carboxylic acids is 1. The van der Waals surface area contributed by atoms with E-state index >= 15 is 0 Å². The van der Waals surface area contributed by atoms with Crippen molar-refractivity contribution in [2.45, 2.75) is 33.1 Å². The molecule has 3 N–H and O–H groups in total. The van der Waals surface area contributed by atoms with Crippen molar-refractivity contribution >= 4 is 34.0 Å². The topological polar surface area (TPSA) is 86.9 Å². The number of hydrogen-bond donors (Lipinski definition) is 3. The summed E-state index contributed by atoms with van der Waals surface area (Å²) in [6.07, 6.45) is 2.19. The van der Waals surface area contributed by atoms with E-state index in [1.54, 1.807) is 18.2 Å². The van der Waals surface area contributed by atoms with E-state index < -0.39 is 0 Å². The molecule has 1 amide bonds. The molecule has 1 aromatic heterocycles. The van der Waals surface area contributed by atoms with E-state index in [-0.39, 0.29) is 11.5 Å². The van der Waals surface area contributed by atoms with E-state index in [4.69, 9.17) is 11.6 Å². The van der Waals surface area contributed by atoms with Crippen LogP contribution in [0.5, 0.6) is 0 Å². The lowest BCUT2D eigenvalue weighted by molar-refractivity contribution is -0.116. The van der Waals surface area contributed by atoms with Gasteiger partial charge >= 0.3 is 0 Å². The quantitative estimate of drug-likeness (QED) is 0.436. The molecule has 0 unspecified atom stereocenters. The average molecular weight is 427 g/mol. The van der Waals surface area contributed by atoms with Gasteiger partial charge in [0.2, 0.25) is 5.91 Å². The number of aromatic amines is 1. The van der Waals surface area contributed by atoms with Crippen LogP contribution in [-0.2, 0) is 4.79 Å². The van der Waals surface area contributed by atoms with Gasteiger partial charge in [0.1, 0.15) is 0 Å². The number of nitrogens with zero attached hydrogens (tertiary/aromatic N) is 1. The third-order valence-electron chi connectivity index (χ3n) is 4.77. The number of H-pyrrole nitrogens is 1. The van der Waals surface area contributed by atoms with Crippen molar-refractivity contribution in [3.63, 3.8) is 0 Å². The zero-order valence-corrected chi connectivity index (χ0v) is 18.1. The smallest absolute Gasteiger partial charge is 0.272 e. The summed E-state index contributed by atoms with van der Waals surface area (Å²) in [4.78, 5) is 24.4.